The third-order valence-corrected chi connectivity index (χ3v) is 4.02. The highest BCUT2D eigenvalue weighted by Gasteiger charge is 2.53. The second-order valence-electron chi connectivity index (χ2n) is 6.88. The topological polar surface area (TPSA) is 67.9 Å². The van der Waals surface area contributed by atoms with Crippen LogP contribution < -0.4 is 5.32 Å². The second kappa shape index (κ2) is 5.83. The van der Waals surface area contributed by atoms with Crippen molar-refractivity contribution in [2.24, 2.45) is 0 Å². The molecule has 0 aromatic heterocycles. The molecule has 2 aliphatic rings. The Morgan fingerprint density at radius 1 is 1.38 bits per heavy atom. The number of esters is 1. The molecule has 0 radical (unpaired) electrons. The molecule has 2 rings (SSSR count). The first-order valence-electron chi connectivity index (χ1n) is 7.66. The van der Waals surface area contributed by atoms with Gasteiger partial charge in [-0.25, -0.2) is 4.79 Å². The van der Waals surface area contributed by atoms with E-state index in [1.54, 1.807) is 11.8 Å². The Hall–Kier alpha value is -1.30. The molecule has 2 bridgehead atoms. The Bertz CT molecular complexity index is 414. The highest BCUT2D eigenvalue weighted by Crippen LogP contribution is 2.40. The molecule has 2 aliphatic heterocycles. The lowest BCUT2D eigenvalue weighted by atomic mass is 9.91. The van der Waals surface area contributed by atoms with Gasteiger partial charge >= 0.3 is 12.1 Å². The number of nitrogens with one attached hydrogen (secondary N) is 1. The van der Waals surface area contributed by atoms with Crippen molar-refractivity contribution in [2.75, 3.05) is 19.7 Å². The van der Waals surface area contributed by atoms with Gasteiger partial charge in [-0.3, -0.25) is 9.69 Å². The number of carbonyl (C=O) groups is 2. The van der Waals surface area contributed by atoms with Crippen molar-refractivity contribution in [3.8, 4) is 0 Å². The van der Waals surface area contributed by atoms with E-state index in [0.29, 0.717) is 13.2 Å². The van der Waals surface area contributed by atoms with Crippen molar-refractivity contribution >= 4 is 12.1 Å². The van der Waals surface area contributed by atoms with Gasteiger partial charge in [-0.05, 0) is 40.5 Å². The van der Waals surface area contributed by atoms with Crippen molar-refractivity contribution in [3.05, 3.63) is 0 Å². The van der Waals surface area contributed by atoms with Gasteiger partial charge in [0.05, 0.1) is 18.6 Å². The lowest BCUT2D eigenvalue weighted by molar-refractivity contribution is -0.146. The molecule has 0 aromatic carbocycles. The van der Waals surface area contributed by atoms with Gasteiger partial charge in [0.2, 0.25) is 0 Å². The smallest absolute Gasteiger partial charge is 0.411 e. The molecular weight excluding hydrogens is 272 g/mol. The lowest BCUT2D eigenvalue weighted by Crippen LogP contribution is -2.63. The predicted octanol–water partition coefficient (Wildman–Crippen LogP) is 1.68. The number of hydrogen-bond donors (Lipinski definition) is 1. The van der Waals surface area contributed by atoms with E-state index in [1.165, 1.54) is 0 Å². The summed E-state index contributed by atoms with van der Waals surface area (Å²) in [5.41, 5.74) is -1.04. The van der Waals surface area contributed by atoms with Crippen LogP contribution >= 0.6 is 0 Å². The molecule has 0 saturated carbocycles. The quantitative estimate of drug-likeness (QED) is 0.803. The first kappa shape index (κ1) is 16.1. The van der Waals surface area contributed by atoms with Crippen LogP contribution in [0.5, 0.6) is 0 Å². The number of nitrogens with zero attached hydrogens (tertiary/aromatic N) is 1. The normalized spacial score (nSPS) is 28.4. The van der Waals surface area contributed by atoms with E-state index in [-0.39, 0.29) is 24.5 Å². The number of rotatable bonds is 3. The molecule has 120 valence electrons. The zero-order chi connectivity index (χ0) is 15.7. The van der Waals surface area contributed by atoms with Crippen LogP contribution in [0.3, 0.4) is 0 Å². The van der Waals surface area contributed by atoms with Gasteiger partial charge in [0.15, 0.2) is 0 Å². The van der Waals surface area contributed by atoms with Crippen LogP contribution in [0.4, 0.5) is 4.79 Å². The maximum absolute atomic E-state index is 12.5. The highest BCUT2D eigenvalue weighted by atomic mass is 16.6. The first-order valence-corrected chi connectivity index (χ1v) is 7.66. The standard InChI is InChI=1S/C15H26N2O4/c1-5-20-12(18)8-15-7-6-11(9-16-10-15)17(15)13(19)21-14(2,3)4/h11,16H,5-10H2,1-4H3. The second-order valence-corrected chi connectivity index (χ2v) is 6.88. The van der Waals surface area contributed by atoms with Crippen LogP contribution in [0.1, 0.15) is 47.0 Å². The molecule has 2 saturated heterocycles. The fraction of sp³-hybridized carbons (Fsp3) is 0.867. The van der Waals surface area contributed by atoms with Gasteiger partial charge in [0.25, 0.3) is 0 Å². The summed E-state index contributed by atoms with van der Waals surface area (Å²) in [6, 6.07) is 0.100. The van der Waals surface area contributed by atoms with Gasteiger partial charge in [0, 0.05) is 19.1 Å². The van der Waals surface area contributed by atoms with E-state index in [4.69, 9.17) is 9.47 Å². The number of amides is 1. The minimum atomic E-state index is -0.535. The van der Waals surface area contributed by atoms with Gasteiger partial charge < -0.3 is 14.8 Å². The molecule has 2 heterocycles. The summed E-state index contributed by atoms with van der Waals surface area (Å²) >= 11 is 0. The van der Waals surface area contributed by atoms with Crippen LogP contribution in [0.2, 0.25) is 0 Å². The minimum Gasteiger partial charge on any atom is -0.466 e. The molecule has 21 heavy (non-hydrogen) atoms. The van der Waals surface area contributed by atoms with Gasteiger partial charge in [-0.1, -0.05) is 0 Å². The van der Waals surface area contributed by atoms with Crippen molar-refractivity contribution < 1.29 is 19.1 Å². The molecule has 2 atom stereocenters. The van der Waals surface area contributed by atoms with Crippen molar-refractivity contribution in [1.82, 2.24) is 10.2 Å². The van der Waals surface area contributed by atoms with Gasteiger partial charge in [-0.2, -0.15) is 0 Å². The van der Waals surface area contributed by atoms with Crippen LogP contribution in [-0.4, -0.2) is 53.8 Å². The van der Waals surface area contributed by atoms with Crippen LogP contribution in [-0.2, 0) is 14.3 Å². The number of piperazine rings is 1. The average Bonchev–Trinajstić information content (AvgIpc) is 2.54. The maximum Gasteiger partial charge on any atom is 0.411 e. The largest absolute Gasteiger partial charge is 0.466 e. The van der Waals surface area contributed by atoms with Gasteiger partial charge in [0.1, 0.15) is 5.60 Å². The van der Waals surface area contributed by atoms with E-state index < -0.39 is 11.1 Å². The Morgan fingerprint density at radius 2 is 2.10 bits per heavy atom. The Morgan fingerprint density at radius 3 is 2.71 bits per heavy atom. The molecule has 1 amide bonds. The highest BCUT2D eigenvalue weighted by molar-refractivity contribution is 5.75. The SMILES string of the molecule is CCOC(=O)CC12CCC(CNC1)N2C(=O)OC(C)(C)C. The van der Waals surface area contributed by atoms with Crippen molar-refractivity contribution in [1.29, 1.82) is 0 Å². The van der Waals surface area contributed by atoms with E-state index >= 15 is 0 Å². The molecule has 2 fully saturated rings. The molecule has 6 nitrogen and oxygen atoms in total. The fourth-order valence-electron chi connectivity index (χ4n) is 3.28. The van der Waals surface area contributed by atoms with Crippen molar-refractivity contribution in [3.63, 3.8) is 0 Å². The van der Waals surface area contributed by atoms with Crippen LogP contribution in [0, 0.1) is 0 Å². The number of carbonyl (C=O) groups excluding carboxylic acids is 2. The lowest BCUT2D eigenvalue weighted by Gasteiger charge is -2.44. The summed E-state index contributed by atoms with van der Waals surface area (Å²) < 4.78 is 10.6. The van der Waals surface area contributed by atoms with E-state index in [2.05, 4.69) is 5.32 Å². The zero-order valence-electron chi connectivity index (χ0n) is 13.4. The summed E-state index contributed by atoms with van der Waals surface area (Å²) in [6.45, 7) is 9.08. The minimum absolute atomic E-state index is 0.100. The molecule has 6 heteroatoms. The number of hydrogen-bond acceptors (Lipinski definition) is 5. The monoisotopic (exact) mass is 298 g/mol. The van der Waals surface area contributed by atoms with E-state index in [0.717, 1.165) is 19.4 Å². The maximum atomic E-state index is 12.5. The summed E-state index contributed by atoms with van der Waals surface area (Å²) in [5, 5.41) is 3.33. The molecular formula is C15H26N2O4. The predicted molar refractivity (Wildman–Crippen MR) is 77.9 cm³/mol. The summed E-state index contributed by atoms with van der Waals surface area (Å²) in [5.74, 6) is -0.254. The third kappa shape index (κ3) is 3.48. The third-order valence-electron chi connectivity index (χ3n) is 4.02. The average molecular weight is 298 g/mol. The van der Waals surface area contributed by atoms with Crippen LogP contribution in [0.15, 0.2) is 0 Å². The Balaban J connectivity index is 2.16. The number of fused-ring (bicyclic) bond motifs is 2. The number of ether oxygens (including phenoxy) is 2. The van der Waals surface area contributed by atoms with Crippen molar-refractivity contribution in [2.45, 2.75) is 64.1 Å². The summed E-state index contributed by atoms with van der Waals surface area (Å²) in [4.78, 5) is 26.2. The van der Waals surface area contributed by atoms with E-state index in [1.807, 2.05) is 20.8 Å². The fourth-order valence-corrected chi connectivity index (χ4v) is 3.28. The zero-order valence-corrected chi connectivity index (χ0v) is 13.4. The molecule has 1 N–H and O–H groups in total. The van der Waals surface area contributed by atoms with Gasteiger partial charge in [-0.15, -0.1) is 0 Å². The Kier molecular flexibility index (Phi) is 4.46. The first-order chi connectivity index (χ1) is 9.77. The Labute approximate surface area is 126 Å². The summed E-state index contributed by atoms with van der Waals surface area (Å²) in [6.07, 6.45) is 1.61. The molecule has 0 spiro atoms. The molecule has 2 unspecified atom stereocenters. The van der Waals surface area contributed by atoms with E-state index in [9.17, 15) is 9.59 Å². The summed E-state index contributed by atoms with van der Waals surface area (Å²) in [7, 11) is 0. The molecule has 0 aromatic rings. The molecule has 0 aliphatic carbocycles. The van der Waals surface area contributed by atoms with Crippen LogP contribution in [0.25, 0.3) is 0 Å².